The lowest BCUT2D eigenvalue weighted by Crippen LogP contribution is -2.11. The molecular weight excluding hydrogens is 256 g/mol. The molecule has 0 bridgehead atoms. The van der Waals surface area contributed by atoms with E-state index < -0.39 is 0 Å². The summed E-state index contributed by atoms with van der Waals surface area (Å²) in [6.07, 6.45) is 3.41. The molecule has 20 heavy (non-hydrogen) atoms. The van der Waals surface area contributed by atoms with E-state index in [0.29, 0.717) is 25.0 Å². The van der Waals surface area contributed by atoms with E-state index in [1.54, 1.807) is 6.33 Å². The van der Waals surface area contributed by atoms with Crippen molar-refractivity contribution in [1.29, 1.82) is 0 Å². The van der Waals surface area contributed by atoms with Crippen molar-refractivity contribution in [3.05, 3.63) is 23.9 Å². The van der Waals surface area contributed by atoms with E-state index in [-0.39, 0.29) is 0 Å². The Kier molecular flexibility index (Phi) is 4.86. The van der Waals surface area contributed by atoms with Gasteiger partial charge in [0.25, 0.3) is 0 Å². The zero-order valence-electron chi connectivity index (χ0n) is 12.1. The molecule has 2 heterocycles. The van der Waals surface area contributed by atoms with Gasteiger partial charge in [0.05, 0.1) is 6.61 Å². The summed E-state index contributed by atoms with van der Waals surface area (Å²) < 4.78 is 7.43. The molecular formula is C13H20N6O. The second-order valence-corrected chi connectivity index (χ2v) is 4.55. The minimum Gasteiger partial charge on any atom is -0.478 e. The van der Waals surface area contributed by atoms with Crippen LogP contribution in [0, 0.1) is 6.92 Å². The second-order valence-electron chi connectivity index (χ2n) is 4.55. The molecule has 0 aliphatic rings. The van der Waals surface area contributed by atoms with Crippen LogP contribution in [0.4, 0.5) is 5.95 Å². The van der Waals surface area contributed by atoms with Gasteiger partial charge in [0, 0.05) is 31.8 Å². The van der Waals surface area contributed by atoms with Crippen molar-refractivity contribution in [3.63, 3.8) is 0 Å². The molecule has 0 aromatic carbocycles. The number of nitrogens with one attached hydrogen (secondary N) is 1. The molecule has 1 N–H and O–H groups in total. The minimum absolute atomic E-state index is 0.582. The first-order chi connectivity index (χ1) is 9.69. The predicted octanol–water partition coefficient (Wildman–Crippen LogP) is 1.36. The number of nitrogens with zero attached hydrogens (tertiary/aromatic N) is 5. The van der Waals surface area contributed by atoms with E-state index in [2.05, 4.69) is 32.4 Å². The number of ether oxygens (including phenoxy) is 1. The van der Waals surface area contributed by atoms with E-state index in [9.17, 15) is 0 Å². The molecule has 108 valence electrons. The van der Waals surface area contributed by atoms with E-state index >= 15 is 0 Å². The van der Waals surface area contributed by atoms with Gasteiger partial charge < -0.3 is 14.6 Å². The Balaban J connectivity index is 1.91. The fourth-order valence-corrected chi connectivity index (χ4v) is 1.72. The molecule has 0 fully saturated rings. The van der Waals surface area contributed by atoms with Gasteiger partial charge in [-0.25, -0.2) is 4.98 Å². The van der Waals surface area contributed by atoms with Gasteiger partial charge in [-0.05, 0) is 13.3 Å². The lowest BCUT2D eigenvalue weighted by atomic mass is 10.4. The van der Waals surface area contributed by atoms with Crippen LogP contribution < -0.4 is 10.1 Å². The summed E-state index contributed by atoms with van der Waals surface area (Å²) >= 11 is 0. The Morgan fingerprint density at radius 3 is 2.90 bits per heavy atom. The van der Waals surface area contributed by atoms with Crippen molar-refractivity contribution >= 4 is 5.95 Å². The van der Waals surface area contributed by atoms with Crippen molar-refractivity contribution < 1.29 is 4.74 Å². The van der Waals surface area contributed by atoms with Gasteiger partial charge >= 0.3 is 0 Å². The second kappa shape index (κ2) is 6.83. The molecule has 2 aromatic heterocycles. The van der Waals surface area contributed by atoms with Gasteiger partial charge in [0.1, 0.15) is 12.2 Å². The Bertz CT molecular complexity index is 554. The van der Waals surface area contributed by atoms with Crippen LogP contribution >= 0.6 is 0 Å². The summed E-state index contributed by atoms with van der Waals surface area (Å²) in [5.74, 6) is 2.12. The van der Waals surface area contributed by atoms with Gasteiger partial charge in [0.15, 0.2) is 0 Å². The summed E-state index contributed by atoms with van der Waals surface area (Å²) in [6, 6.07) is 1.84. The highest BCUT2D eigenvalue weighted by Crippen LogP contribution is 2.12. The molecule has 0 aliphatic carbocycles. The third kappa shape index (κ3) is 3.91. The number of rotatable bonds is 7. The van der Waals surface area contributed by atoms with Crippen LogP contribution in [0.3, 0.4) is 0 Å². The predicted molar refractivity (Wildman–Crippen MR) is 75.8 cm³/mol. The van der Waals surface area contributed by atoms with Gasteiger partial charge in [0.2, 0.25) is 11.8 Å². The average molecular weight is 276 g/mol. The first-order valence-corrected chi connectivity index (χ1v) is 6.74. The van der Waals surface area contributed by atoms with Crippen LogP contribution in [0.2, 0.25) is 0 Å². The first-order valence-electron chi connectivity index (χ1n) is 6.74. The molecule has 0 unspecified atom stereocenters. The summed E-state index contributed by atoms with van der Waals surface area (Å²) in [5, 5.41) is 11.1. The standard InChI is InChI=1S/C13H20N6O/c1-4-7-20-12-8-10(2)16-13(17-12)14-6-5-11-18-15-9-19(11)3/h8-9H,4-7H2,1-3H3,(H,14,16,17). The maximum atomic E-state index is 5.53. The van der Waals surface area contributed by atoms with Crippen LogP contribution in [0.25, 0.3) is 0 Å². The molecule has 0 aliphatic heterocycles. The van der Waals surface area contributed by atoms with Gasteiger partial charge in [-0.15, -0.1) is 10.2 Å². The molecule has 2 aromatic rings. The Hall–Kier alpha value is -2.18. The van der Waals surface area contributed by atoms with E-state index in [1.165, 1.54) is 0 Å². The smallest absolute Gasteiger partial charge is 0.226 e. The average Bonchev–Trinajstić information content (AvgIpc) is 2.82. The Morgan fingerprint density at radius 1 is 1.35 bits per heavy atom. The third-order valence-electron chi connectivity index (χ3n) is 2.72. The Morgan fingerprint density at radius 2 is 2.20 bits per heavy atom. The number of anilines is 1. The molecule has 0 amide bonds. The fourth-order valence-electron chi connectivity index (χ4n) is 1.72. The maximum absolute atomic E-state index is 5.53. The van der Waals surface area contributed by atoms with Crippen molar-refractivity contribution in [2.45, 2.75) is 26.7 Å². The van der Waals surface area contributed by atoms with Crippen LogP contribution in [0.1, 0.15) is 24.9 Å². The van der Waals surface area contributed by atoms with Gasteiger partial charge in [-0.3, -0.25) is 0 Å². The lowest BCUT2D eigenvalue weighted by molar-refractivity contribution is 0.305. The third-order valence-corrected chi connectivity index (χ3v) is 2.72. The summed E-state index contributed by atoms with van der Waals surface area (Å²) in [5.41, 5.74) is 0.882. The largest absolute Gasteiger partial charge is 0.478 e. The number of hydrogen-bond acceptors (Lipinski definition) is 6. The van der Waals surface area contributed by atoms with E-state index in [1.807, 2.05) is 24.6 Å². The molecule has 7 nitrogen and oxygen atoms in total. The Labute approximate surface area is 118 Å². The van der Waals surface area contributed by atoms with E-state index in [4.69, 9.17) is 4.74 Å². The van der Waals surface area contributed by atoms with Gasteiger partial charge in [-0.1, -0.05) is 6.92 Å². The maximum Gasteiger partial charge on any atom is 0.226 e. The van der Waals surface area contributed by atoms with Crippen molar-refractivity contribution in [1.82, 2.24) is 24.7 Å². The van der Waals surface area contributed by atoms with Crippen molar-refractivity contribution in [3.8, 4) is 5.88 Å². The minimum atomic E-state index is 0.582. The number of aromatic nitrogens is 5. The zero-order chi connectivity index (χ0) is 14.4. The fraction of sp³-hybridized carbons (Fsp3) is 0.538. The molecule has 0 spiro atoms. The lowest BCUT2D eigenvalue weighted by Gasteiger charge is -2.08. The van der Waals surface area contributed by atoms with Crippen LogP contribution in [-0.2, 0) is 13.5 Å². The first kappa shape index (κ1) is 14.2. The van der Waals surface area contributed by atoms with Gasteiger partial charge in [-0.2, -0.15) is 4.98 Å². The molecule has 0 atom stereocenters. The molecule has 2 rings (SSSR count). The van der Waals surface area contributed by atoms with Crippen molar-refractivity contribution in [2.24, 2.45) is 7.05 Å². The summed E-state index contributed by atoms with van der Waals surface area (Å²) in [6.45, 7) is 5.35. The number of hydrogen-bond donors (Lipinski definition) is 1. The molecule has 0 saturated carbocycles. The summed E-state index contributed by atoms with van der Waals surface area (Å²) in [4.78, 5) is 8.66. The molecule has 0 saturated heterocycles. The van der Waals surface area contributed by atoms with Crippen LogP contribution in [-0.4, -0.2) is 37.9 Å². The highest BCUT2D eigenvalue weighted by atomic mass is 16.5. The SMILES string of the molecule is CCCOc1cc(C)nc(NCCc2nncn2C)n1. The quantitative estimate of drug-likeness (QED) is 0.822. The monoisotopic (exact) mass is 276 g/mol. The number of aryl methyl sites for hydroxylation is 2. The topological polar surface area (TPSA) is 77.8 Å². The summed E-state index contributed by atoms with van der Waals surface area (Å²) in [7, 11) is 1.93. The molecule has 7 heteroatoms. The van der Waals surface area contributed by atoms with Crippen LogP contribution in [0.15, 0.2) is 12.4 Å². The van der Waals surface area contributed by atoms with E-state index in [0.717, 1.165) is 24.4 Å². The zero-order valence-corrected chi connectivity index (χ0v) is 12.1. The van der Waals surface area contributed by atoms with Crippen LogP contribution in [0.5, 0.6) is 5.88 Å². The normalized spacial score (nSPS) is 10.6. The van der Waals surface area contributed by atoms with Crippen molar-refractivity contribution in [2.75, 3.05) is 18.5 Å². The molecule has 0 radical (unpaired) electrons. The highest BCUT2D eigenvalue weighted by molar-refractivity contribution is 5.30. The highest BCUT2D eigenvalue weighted by Gasteiger charge is 2.04.